The number of nitrogens with zero attached hydrogens (tertiary/aromatic N) is 2. The molecule has 4 aromatic carbocycles. The number of methoxy groups -OCH3 is 1. The molecule has 2 atom stereocenters. The Morgan fingerprint density at radius 3 is 2.16 bits per heavy atom. The van der Waals surface area contributed by atoms with Crippen LogP contribution in [0.1, 0.15) is 29.5 Å². The second-order valence-corrected chi connectivity index (χ2v) is 12.7. The van der Waals surface area contributed by atoms with E-state index in [4.69, 9.17) is 10.00 Å². The molecule has 0 saturated carbocycles. The van der Waals surface area contributed by atoms with Crippen LogP contribution in [0, 0.1) is 11.3 Å². The standard InChI is InChI=1S/C34H34N4O5S.H2O/c1-43-30-16-12-25(13-17-30)21-32(44(41,42)37-29-15-14-27-6-2-3-7-28(27)22-29)33(39)36-31(34(40)38-18-4-5-19-38)20-24-8-10-26(23-35)11-9-24;/h2-3,6-17,22,31-32,37H,4-5,18-21H2,1H3,(H,36,39);1H2. The zero-order valence-corrected chi connectivity index (χ0v) is 25.7. The van der Waals surface area contributed by atoms with Gasteiger partial charge in [0.2, 0.25) is 21.8 Å². The van der Waals surface area contributed by atoms with Crippen molar-refractivity contribution < 1.29 is 28.2 Å². The molecule has 0 bridgehead atoms. The summed E-state index contributed by atoms with van der Waals surface area (Å²) in [5.41, 5.74) is 2.17. The Morgan fingerprint density at radius 2 is 1.51 bits per heavy atom. The van der Waals surface area contributed by atoms with E-state index >= 15 is 0 Å². The predicted octanol–water partition coefficient (Wildman–Crippen LogP) is 3.60. The molecule has 4 aromatic rings. The Labute approximate surface area is 263 Å². The van der Waals surface area contributed by atoms with Gasteiger partial charge in [0.05, 0.1) is 18.7 Å². The maximum absolute atomic E-state index is 14.0. The second kappa shape index (κ2) is 14.7. The molecule has 2 amide bonds. The summed E-state index contributed by atoms with van der Waals surface area (Å²) in [6.07, 6.45) is 1.77. The van der Waals surface area contributed by atoms with Gasteiger partial charge in [-0.25, -0.2) is 8.42 Å². The minimum absolute atomic E-state index is 0. The third kappa shape index (κ3) is 8.17. The molecule has 1 fully saturated rings. The number of likely N-dealkylation sites (tertiary alicyclic amines) is 1. The Bertz CT molecular complexity index is 1780. The van der Waals surface area contributed by atoms with E-state index in [1.807, 2.05) is 30.3 Å². The highest BCUT2D eigenvalue weighted by Gasteiger charge is 2.37. The summed E-state index contributed by atoms with van der Waals surface area (Å²) in [7, 11) is -2.75. The van der Waals surface area contributed by atoms with Crippen LogP contribution in [0.25, 0.3) is 10.8 Å². The lowest BCUT2D eigenvalue weighted by molar-refractivity contribution is -0.135. The van der Waals surface area contributed by atoms with Crippen LogP contribution in [0.5, 0.6) is 5.75 Å². The normalized spacial score (nSPS) is 14.1. The van der Waals surface area contributed by atoms with Crippen molar-refractivity contribution in [1.29, 1.82) is 5.26 Å². The summed E-state index contributed by atoms with van der Waals surface area (Å²) in [5, 5.41) is 12.2. The zero-order valence-electron chi connectivity index (χ0n) is 24.9. The summed E-state index contributed by atoms with van der Waals surface area (Å²) in [6, 6.07) is 27.5. The molecular formula is C34H36N4O6S. The van der Waals surface area contributed by atoms with Crippen LogP contribution in [0.15, 0.2) is 91.0 Å². The minimum atomic E-state index is -4.28. The zero-order chi connectivity index (χ0) is 31.1. The largest absolute Gasteiger partial charge is 0.497 e. The summed E-state index contributed by atoms with van der Waals surface area (Å²) in [6.45, 7) is 1.16. The molecule has 2 unspecified atom stereocenters. The molecule has 0 aromatic heterocycles. The Balaban J connectivity index is 0.00000461. The van der Waals surface area contributed by atoms with Gasteiger partial charge in [-0.05, 0) is 77.6 Å². The molecule has 234 valence electrons. The van der Waals surface area contributed by atoms with Crippen molar-refractivity contribution in [3.05, 3.63) is 108 Å². The number of hydrogen-bond donors (Lipinski definition) is 2. The molecule has 1 aliphatic rings. The summed E-state index contributed by atoms with van der Waals surface area (Å²) >= 11 is 0. The van der Waals surface area contributed by atoms with E-state index in [9.17, 15) is 18.0 Å². The van der Waals surface area contributed by atoms with E-state index < -0.39 is 27.2 Å². The number of ether oxygens (including phenoxy) is 1. The van der Waals surface area contributed by atoms with Gasteiger partial charge in [0.25, 0.3) is 0 Å². The third-order valence-electron chi connectivity index (χ3n) is 7.81. The summed E-state index contributed by atoms with van der Waals surface area (Å²) < 4.78 is 35.7. The van der Waals surface area contributed by atoms with Crippen molar-refractivity contribution in [3.63, 3.8) is 0 Å². The van der Waals surface area contributed by atoms with Crippen LogP contribution in [-0.4, -0.2) is 62.1 Å². The van der Waals surface area contributed by atoms with Gasteiger partial charge in [0, 0.05) is 25.2 Å². The average molecular weight is 629 g/mol. The molecule has 11 heteroatoms. The van der Waals surface area contributed by atoms with Gasteiger partial charge in [0.15, 0.2) is 5.25 Å². The fraction of sp³-hybridized carbons (Fsp3) is 0.265. The van der Waals surface area contributed by atoms with Gasteiger partial charge >= 0.3 is 0 Å². The molecular weight excluding hydrogens is 592 g/mol. The molecule has 1 heterocycles. The fourth-order valence-corrected chi connectivity index (χ4v) is 6.74. The smallest absolute Gasteiger partial charge is 0.245 e. The highest BCUT2D eigenvalue weighted by Crippen LogP contribution is 2.23. The quantitative estimate of drug-likeness (QED) is 0.258. The SMILES string of the molecule is COc1ccc(CC(C(=O)NC(Cc2ccc(C#N)cc2)C(=O)N2CCCC2)S(=O)(=O)Nc2ccc3ccccc3c2)cc1.O. The van der Waals surface area contributed by atoms with Crippen LogP contribution in [0.3, 0.4) is 0 Å². The monoisotopic (exact) mass is 628 g/mol. The number of benzene rings is 4. The number of hydrogen-bond acceptors (Lipinski definition) is 6. The van der Waals surface area contributed by atoms with Crippen molar-refractivity contribution in [1.82, 2.24) is 10.2 Å². The Morgan fingerprint density at radius 1 is 0.889 bits per heavy atom. The highest BCUT2D eigenvalue weighted by molar-refractivity contribution is 7.94. The van der Waals surface area contributed by atoms with Gasteiger partial charge in [-0.1, -0.05) is 54.6 Å². The molecule has 5 rings (SSSR count). The lowest BCUT2D eigenvalue weighted by Crippen LogP contribution is -2.53. The maximum atomic E-state index is 14.0. The first-order valence-corrected chi connectivity index (χ1v) is 16.0. The number of nitrogens with one attached hydrogen (secondary N) is 2. The van der Waals surface area contributed by atoms with Crippen molar-refractivity contribution in [2.75, 3.05) is 24.9 Å². The summed E-state index contributed by atoms with van der Waals surface area (Å²) in [5.74, 6) is -0.436. The topological polar surface area (TPSA) is 160 Å². The first-order valence-electron chi connectivity index (χ1n) is 14.5. The van der Waals surface area contributed by atoms with Crippen molar-refractivity contribution in [2.24, 2.45) is 0 Å². The number of anilines is 1. The number of sulfonamides is 1. The number of amides is 2. The second-order valence-electron chi connectivity index (χ2n) is 10.9. The van der Waals surface area contributed by atoms with E-state index in [-0.39, 0.29) is 24.2 Å². The van der Waals surface area contributed by atoms with E-state index in [1.165, 1.54) is 7.11 Å². The van der Waals surface area contributed by atoms with Gasteiger partial charge in [-0.15, -0.1) is 0 Å². The highest BCUT2D eigenvalue weighted by atomic mass is 32.2. The lowest BCUT2D eigenvalue weighted by atomic mass is 10.0. The molecule has 45 heavy (non-hydrogen) atoms. The van der Waals surface area contributed by atoms with Gasteiger partial charge in [-0.2, -0.15) is 5.26 Å². The Hall–Kier alpha value is -4.92. The molecule has 1 aliphatic heterocycles. The van der Waals surface area contributed by atoms with E-state index in [0.717, 1.165) is 29.2 Å². The van der Waals surface area contributed by atoms with Crippen molar-refractivity contribution in [2.45, 2.75) is 37.0 Å². The first-order chi connectivity index (χ1) is 21.3. The van der Waals surface area contributed by atoms with E-state index in [2.05, 4.69) is 16.1 Å². The molecule has 1 saturated heterocycles. The molecule has 0 spiro atoms. The van der Waals surface area contributed by atoms with Crippen LogP contribution < -0.4 is 14.8 Å². The predicted molar refractivity (Wildman–Crippen MR) is 173 cm³/mol. The number of nitriles is 1. The van der Waals surface area contributed by atoms with Crippen LogP contribution in [-0.2, 0) is 32.5 Å². The van der Waals surface area contributed by atoms with E-state index in [1.54, 1.807) is 65.6 Å². The number of carbonyl (C=O) groups is 2. The number of fused-ring (bicyclic) bond motifs is 1. The minimum Gasteiger partial charge on any atom is -0.497 e. The molecule has 0 aliphatic carbocycles. The maximum Gasteiger partial charge on any atom is 0.245 e. The molecule has 0 radical (unpaired) electrons. The summed E-state index contributed by atoms with van der Waals surface area (Å²) in [4.78, 5) is 29.3. The van der Waals surface area contributed by atoms with Crippen LogP contribution in [0.2, 0.25) is 0 Å². The van der Waals surface area contributed by atoms with Gasteiger partial charge in [-0.3, -0.25) is 14.3 Å². The van der Waals surface area contributed by atoms with Gasteiger partial charge < -0.3 is 20.4 Å². The number of rotatable bonds is 11. The van der Waals surface area contributed by atoms with Crippen LogP contribution in [0.4, 0.5) is 5.69 Å². The number of carbonyl (C=O) groups excluding carboxylic acids is 2. The van der Waals surface area contributed by atoms with Crippen molar-refractivity contribution in [3.8, 4) is 11.8 Å². The third-order valence-corrected chi connectivity index (χ3v) is 9.46. The molecule has 4 N–H and O–H groups in total. The lowest BCUT2D eigenvalue weighted by Gasteiger charge is -2.26. The van der Waals surface area contributed by atoms with Crippen LogP contribution >= 0.6 is 0 Å². The average Bonchev–Trinajstić information content (AvgIpc) is 3.58. The first kappa shape index (κ1) is 33.0. The van der Waals surface area contributed by atoms with Crippen molar-refractivity contribution >= 4 is 38.3 Å². The van der Waals surface area contributed by atoms with Gasteiger partial charge in [0.1, 0.15) is 11.8 Å². The Kier molecular flexibility index (Phi) is 10.8. The fourth-order valence-electron chi connectivity index (χ4n) is 5.38. The van der Waals surface area contributed by atoms with E-state index in [0.29, 0.717) is 35.7 Å². The molecule has 10 nitrogen and oxygen atoms in total.